The minimum absolute atomic E-state index is 0.154. The van der Waals surface area contributed by atoms with Crippen LogP contribution in [0.1, 0.15) is 60.1 Å². The second kappa shape index (κ2) is 6.35. The van der Waals surface area contributed by atoms with E-state index in [4.69, 9.17) is 0 Å². The SMILES string of the molecule is CC(C)c1ccc(C(=O)N2CCCC2c2ccccc2)cc1. The number of benzene rings is 2. The predicted octanol–water partition coefficient (Wildman–Crippen LogP) is 4.79. The smallest absolute Gasteiger partial charge is 0.254 e. The molecule has 114 valence electrons. The average molecular weight is 293 g/mol. The molecular weight excluding hydrogens is 270 g/mol. The number of carbonyl (C=O) groups excluding carboxylic acids is 1. The lowest BCUT2D eigenvalue weighted by Gasteiger charge is -2.25. The van der Waals surface area contributed by atoms with Gasteiger partial charge < -0.3 is 4.90 Å². The van der Waals surface area contributed by atoms with E-state index in [0.717, 1.165) is 24.9 Å². The average Bonchev–Trinajstić information content (AvgIpc) is 3.04. The van der Waals surface area contributed by atoms with E-state index in [-0.39, 0.29) is 11.9 Å². The predicted molar refractivity (Wildman–Crippen MR) is 90.0 cm³/mol. The standard InChI is InChI=1S/C20H23NO/c1-15(2)16-10-12-18(13-11-16)20(22)21-14-6-9-19(21)17-7-4-3-5-8-17/h3-5,7-8,10-13,15,19H,6,9,14H2,1-2H3. The van der Waals surface area contributed by atoms with Gasteiger partial charge in [-0.25, -0.2) is 0 Å². The van der Waals surface area contributed by atoms with Crippen LogP contribution in [0.5, 0.6) is 0 Å². The highest BCUT2D eigenvalue weighted by atomic mass is 16.2. The third-order valence-corrected chi connectivity index (χ3v) is 4.52. The molecule has 1 atom stereocenters. The third-order valence-electron chi connectivity index (χ3n) is 4.52. The number of amides is 1. The quantitative estimate of drug-likeness (QED) is 0.797. The fourth-order valence-electron chi connectivity index (χ4n) is 3.21. The van der Waals surface area contributed by atoms with Gasteiger partial charge in [-0.2, -0.15) is 0 Å². The Labute approximate surface area is 132 Å². The topological polar surface area (TPSA) is 20.3 Å². The first-order valence-corrected chi connectivity index (χ1v) is 8.12. The number of rotatable bonds is 3. The molecule has 1 aliphatic heterocycles. The van der Waals surface area contributed by atoms with Gasteiger partial charge in [-0.15, -0.1) is 0 Å². The van der Waals surface area contributed by atoms with Crippen LogP contribution >= 0.6 is 0 Å². The van der Waals surface area contributed by atoms with E-state index in [0.29, 0.717) is 5.92 Å². The molecule has 1 aliphatic rings. The molecule has 2 heteroatoms. The zero-order valence-electron chi connectivity index (χ0n) is 13.3. The number of hydrogen-bond donors (Lipinski definition) is 0. The van der Waals surface area contributed by atoms with Crippen LogP contribution < -0.4 is 0 Å². The first-order chi connectivity index (χ1) is 10.7. The Hall–Kier alpha value is -2.09. The van der Waals surface area contributed by atoms with Crippen molar-refractivity contribution >= 4 is 5.91 Å². The molecule has 2 nitrogen and oxygen atoms in total. The van der Waals surface area contributed by atoms with Crippen molar-refractivity contribution in [1.82, 2.24) is 4.90 Å². The van der Waals surface area contributed by atoms with Gasteiger partial charge in [0.2, 0.25) is 0 Å². The van der Waals surface area contributed by atoms with Gasteiger partial charge in [-0.3, -0.25) is 4.79 Å². The van der Waals surface area contributed by atoms with Gasteiger partial charge >= 0.3 is 0 Å². The Morgan fingerprint density at radius 2 is 1.73 bits per heavy atom. The van der Waals surface area contributed by atoms with E-state index < -0.39 is 0 Å². The molecule has 0 aromatic heterocycles. The second-order valence-corrected chi connectivity index (χ2v) is 6.34. The Kier molecular flexibility index (Phi) is 4.28. The van der Waals surface area contributed by atoms with Crippen LogP contribution in [-0.2, 0) is 0 Å². The van der Waals surface area contributed by atoms with Gasteiger partial charge in [-0.05, 0) is 42.0 Å². The number of likely N-dealkylation sites (tertiary alicyclic amines) is 1. The highest BCUT2D eigenvalue weighted by Gasteiger charge is 2.30. The fourth-order valence-corrected chi connectivity index (χ4v) is 3.21. The molecule has 1 fully saturated rings. The normalized spacial score (nSPS) is 18.0. The molecule has 2 aromatic rings. The molecular formula is C20H23NO. The first-order valence-electron chi connectivity index (χ1n) is 8.12. The largest absolute Gasteiger partial charge is 0.332 e. The maximum Gasteiger partial charge on any atom is 0.254 e. The van der Waals surface area contributed by atoms with Crippen molar-refractivity contribution < 1.29 is 4.79 Å². The summed E-state index contributed by atoms with van der Waals surface area (Å²) in [6, 6.07) is 18.7. The van der Waals surface area contributed by atoms with Gasteiger partial charge in [0.1, 0.15) is 0 Å². The maximum absolute atomic E-state index is 12.8. The second-order valence-electron chi connectivity index (χ2n) is 6.34. The van der Waals surface area contributed by atoms with Gasteiger partial charge in [0.25, 0.3) is 5.91 Å². The fraction of sp³-hybridized carbons (Fsp3) is 0.350. The summed E-state index contributed by atoms with van der Waals surface area (Å²) < 4.78 is 0. The van der Waals surface area contributed by atoms with Crippen molar-refractivity contribution in [3.63, 3.8) is 0 Å². The summed E-state index contributed by atoms with van der Waals surface area (Å²) in [5.74, 6) is 0.648. The molecule has 22 heavy (non-hydrogen) atoms. The van der Waals surface area contributed by atoms with Crippen molar-refractivity contribution in [2.24, 2.45) is 0 Å². The lowest BCUT2D eigenvalue weighted by Crippen LogP contribution is -2.30. The summed E-state index contributed by atoms with van der Waals surface area (Å²) in [6.45, 7) is 5.19. The van der Waals surface area contributed by atoms with Crippen LogP contribution in [0.3, 0.4) is 0 Å². The van der Waals surface area contributed by atoms with Crippen molar-refractivity contribution in [3.05, 3.63) is 71.3 Å². The minimum Gasteiger partial charge on any atom is -0.332 e. The molecule has 0 spiro atoms. The van der Waals surface area contributed by atoms with E-state index >= 15 is 0 Å². The van der Waals surface area contributed by atoms with E-state index in [9.17, 15) is 4.79 Å². The van der Waals surface area contributed by atoms with Gasteiger partial charge in [0.15, 0.2) is 0 Å². The number of hydrogen-bond acceptors (Lipinski definition) is 1. The molecule has 0 N–H and O–H groups in total. The van der Waals surface area contributed by atoms with Crippen molar-refractivity contribution in [2.45, 2.75) is 38.6 Å². The van der Waals surface area contributed by atoms with Crippen LogP contribution in [0.4, 0.5) is 0 Å². The van der Waals surface area contributed by atoms with Crippen molar-refractivity contribution in [1.29, 1.82) is 0 Å². The summed E-state index contributed by atoms with van der Waals surface area (Å²) >= 11 is 0. The Balaban J connectivity index is 1.81. The van der Waals surface area contributed by atoms with Gasteiger partial charge in [0, 0.05) is 12.1 Å². The molecule has 1 unspecified atom stereocenters. The number of carbonyl (C=O) groups is 1. The lowest BCUT2D eigenvalue weighted by molar-refractivity contribution is 0.0735. The monoisotopic (exact) mass is 293 g/mol. The van der Waals surface area contributed by atoms with Crippen LogP contribution in [0.15, 0.2) is 54.6 Å². The van der Waals surface area contributed by atoms with E-state index in [1.165, 1.54) is 11.1 Å². The molecule has 2 aromatic carbocycles. The third kappa shape index (κ3) is 2.92. The first kappa shape index (κ1) is 14.8. The molecule has 0 aliphatic carbocycles. The van der Waals surface area contributed by atoms with Crippen molar-refractivity contribution in [2.75, 3.05) is 6.54 Å². The lowest BCUT2D eigenvalue weighted by atomic mass is 10.0. The van der Waals surface area contributed by atoms with Crippen LogP contribution in [-0.4, -0.2) is 17.4 Å². The van der Waals surface area contributed by atoms with E-state index in [1.807, 2.05) is 35.2 Å². The van der Waals surface area contributed by atoms with Crippen LogP contribution in [0.2, 0.25) is 0 Å². The molecule has 0 bridgehead atoms. The van der Waals surface area contributed by atoms with Crippen LogP contribution in [0.25, 0.3) is 0 Å². The van der Waals surface area contributed by atoms with Gasteiger partial charge in [0.05, 0.1) is 6.04 Å². The molecule has 1 saturated heterocycles. The zero-order valence-corrected chi connectivity index (χ0v) is 13.3. The molecule has 1 heterocycles. The van der Waals surface area contributed by atoms with Crippen LogP contribution in [0, 0.1) is 0 Å². The Morgan fingerprint density at radius 3 is 2.36 bits per heavy atom. The highest BCUT2D eigenvalue weighted by molar-refractivity contribution is 5.94. The van der Waals surface area contributed by atoms with Crippen molar-refractivity contribution in [3.8, 4) is 0 Å². The zero-order chi connectivity index (χ0) is 15.5. The Morgan fingerprint density at radius 1 is 1.05 bits per heavy atom. The molecule has 3 rings (SSSR count). The maximum atomic E-state index is 12.8. The summed E-state index contributed by atoms with van der Waals surface area (Å²) in [6.07, 6.45) is 2.13. The van der Waals surface area contributed by atoms with Gasteiger partial charge in [-0.1, -0.05) is 56.3 Å². The minimum atomic E-state index is 0.154. The molecule has 0 saturated carbocycles. The summed E-state index contributed by atoms with van der Waals surface area (Å²) in [5.41, 5.74) is 3.32. The van der Waals surface area contributed by atoms with E-state index in [1.54, 1.807) is 0 Å². The summed E-state index contributed by atoms with van der Waals surface area (Å²) in [5, 5.41) is 0. The van der Waals surface area contributed by atoms with E-state index in [2.05, 4.69) is 38.1 Å². The Bertz CT molecular complexity index is 631. The summed E-state index contributed by atoms with van der Waals surface area (Å²) in [7, 11) is 0. The molecule has 1 amide bonds. The highest BCUT2D eigenvalue weighted by Crippen LogP contribution is 2.33. The number of nitrogens with zero attached hydrogens (tertiary/aromatic N) is 1. The molecule has 0 radical (unpaired) electrons. The summed E-state index contributed by atoms with van der Waals surface area (Å²) in [4.78, 5) is 14.9.